The minimum Gasteiger partial charge on any atom is -0.348 e. The van der Waals surface area contributed by atoms with Crippen molar-refractivity contribution < 1.29 is 13.2 Å². The molecule has 0 unspecified atom stereocenters. The maximum Gasteiger partial charge on any atom is 0.264 e. The number of nitrogens with zero attached hydrogens (tertiary/aromatic N) is 1. The molecule has 0 spiro atoms. The fraction of sp³-hybridized carbons (Fsp3) is 0.321. The third-order valence-corrected chi connectivity index (χ3v) is 8.29. The number of sulfonamides is 1. The predicted molar refractivity (Wildman–Crippen MR) is 137 cm³/mol. The molecule has 0 heterocycles. The Morgan fingerprint density at radius 2 is 1.59 bits per heavy atom. The Hall–Kier alpha value is -3.12. The fourth-order valence-corrected chi connectivity index (χ4v) is 6.07. The highest BCUT2D eigenvalue weighted by atomic mass is 32.2. The molecule has 0 radical (unpaired) electrons. The van der Waals surface area contributed by atoms with Crippen molar-refractivity contribution in [2.75, 3.05) is 10.8 Å². The second-order valence-electron chi connectivity index (χ2n) is 9.29. The molecule has 0 bridgehead atoms. The monoisotopic (exact) mass is 476 g/mol. The number of rotatable bonds is 7. The molecule has 4 rings (SSSR count). The predicted octanol–water partition coefficient (Wildman–Crippen LogP) is 5.17. The van der Waals surface area contributed by atoms with Gasteiger partial charge in [-0.3, -0.25) is 9.10 Å². The van der Waals surface area contributed by atoms with Crippen molar-refractivity contribution in [1.82, 2.24) is 5.32 Å². The number of fused-ring (bicyclic) bond motifs is 1. The molecule has 1 atom stereocenters. The van der Waals surface area contributed by atoms with Crippen LogP contribution in [0.5, 0.6) is 0 Å². The first-order valence-corrected chi connectivity index (χ1v) is 13.2. The average molecular weight is 477 g/mol. The van der Waals surface area contributed by atoms with E-state index in [0.29, 0.717) is 5.69 Å². The molecular formula is C28H32N2O3S. The number of benzene rings is 3. The smallest absolute Gasteiger partial charge is 0.264 e. The van der Waals surface area contributed by atoms with Crippen molar-refractivity contribution in [2.24, 2.45) is 0 Å². The second-order valence-corrected chi connectivity index (χ2v) is 11.1. The van der Waals surface area contributed by atoms with Gasteiger partial charge in [-0.25, -0.2) is 8.42 Å². The summed E-state index contributed by atoms with van der Waals surface area (Å²) in [6, 6.07) is 18.4. The maximum absolute atomic E-state index is 13.6. The van der Waals surface area contributed by atoms with E-state index in [1.807, 2.05) is 39.8 Å². The number of amides is 1. The van der Waals surface area contributed by atoms with Crippen molar-refractivity contribution in [1.29, 1.82) is 0 Å². The first-order valence-electron chi connectivity index (χ1n) is 11.7. The number of anilines is 1. The summed E-state index contributed by atoms with van der Waals surface area (Å²) in [4.78, 5) is 13.3. The van der Waals surface area contributed by atoms with E-state index in [-0.39, 0.29) is 23.4 Å². The van der Waals surface area contributed by atoms with Crippen LogP contribution in [0.3, 0.4) is 0 Å². The maximum atomic E-state index is 13.6. The summed E-state index contributed by atoms with van der Waals surface area (Å²) in [5, 5.41) is 3.01. The zero-order valence-corrected chi connectivity index (χ0v) is 21.1. The minimum absolute atomic E-state index is 0.164. The van der Waals surface area contributed by atoms with Crippen molar-refractivity contribution in [2.45, 2.75) is 57.9 Å². The SMILES string of the molecule is Cc1ccc(S(=O)(=O)N(CC(=O)N[C@H](C)c2ccc3c(c2)CCC3)c2ccc(C)cc2C)cc1. The second kappa shape index (κ2) is 9.63. The van der Waals surface area contributed by atoms with Crippen LogP contribution in [0.25, 0.3) is 0 Å². The van der Waals surface area contributed by atoms with Crippen LogP contribution >= 0.6 is 0 Å². The Kier molecular flexibility index (Phi) is 6.80. The van der Waals surface area contributed by atoms with Crippen LogP contribution in [0.2, 0.25) is 0 Å². The van der Waals surface area contributed by atoms with Gasteiger partial charge in [-0.1, -0.05) is 53.6 Å². The molecule has 5 nitrogen and oxygen atoms in total. The van der Waals surface area contributed by atoms with Gasteiger partial charge in [-0.05, 0) is 87.4 Å². The number of carbonyl (C=O) groups excluding carboxylic acids is 1. The first-order chi connectivity index (χ1) is 16.1. The molecule has 3 aromatic carbocycles. The van der Waals surface area contributed by atoms with Gasteiger partial charge in [0.1, 0.15) is 6.54 Å². The molecule has 0 fully saturated rings. The molecule has 34 heavy (non-hydrogen) atoms. The number of hydrogen-bond donors (Lipinski definition) is 1. The van der Waals surface area contributed by atoms with Gasteiger partial charge in [0.15, 0.2) is 0 Å². The Balaban J connectivity index is 1.61. The lowest BCUT2D eigenvalue weighted by molar-refractivity contribution is -0.120. The molecule has 1 amide bonds. The van der Waals surface area contributed by atoms with Gasteiger partial charge in [0.2, 0.25) is 5.91 Å². The molecule has 0 saturated carbocycles. The molecule has 6 heteroatoms. The van der Waals surface area contributed by atoms with E-state index in [2.05, 4.69) is 23.5 Å². The van der Waals surface area contributed by atoms with E-state index in [4.69, 9.17) is 0 Å². The third-order valence-electron chi connectivity index (χ3n) is 6.52. The number of aryl methyl sites for hydroxylation is 5. The van der Waals surface area contributed by atoms with Gasteiger partial charge in [-0.2, -0.15) is 0 Å². The lowest BCUT2D eigenvalue weighted by atomic mass is 10.0. The Morgan fingerprint density at radius 3 is 2.29 bits per heavy atom. The van der Waals surface area contributed by atoms with Crippen LogP contribution in [0.4, 0.5) is 5.69 Å². The van der Waals surface area contributed by atoms with Gasteiger partial charge < -0.3 is 5.32 Å². The fourth-order valence-electron chi connectivity index (χ4n) is 4.58. The van der Waals surface area contributed by atoms with Gasteiger partial charge in [0.05, 0.1) is 16.6 Å². The molecule has 1 aliphatic rings. The van der Waals surface area contributed by atoms with Crippen LogP contribution in [-0.2, 0) is 27.7 Å². The van der Waals surface area contributed by atoms with Crippen LogP contribution in [0.1, 0.15) is 52.8 Å². The normalized spacial score (nSPS) is 13.9. The molecule has 1 aliphatic carbocycles. The average Bonchev–Trinajstić information content (AvgIpc) is 3.26. The van der Waals surface area contributed by atoms with E-state index < -0.39 is 10.0 Å². The lowest BCUT2D eigenvalue weighted by Crippen LogP contribution is -2.42. The Labute approximate surface area is 202 Å². The summed E-state index contributed by atoms with van der Waals surface area (Å²) in [6.07, 6.45) is 3.35. The van der Waals surface area contributed by atoms with Crippen LogP contribution < -0.4 is 9.62 Å². The van der Waals surface area contributed by atoms with Crippen molar-refractivity contribution in [3.05, 3.63) is 94.0 Å². The van der Waals surface area contributed by atoms with E-state index in [1.54, 1.807) is 30.3 Å². The lowest BCUT2D eigenvalue weighted by Gasteiger charge is -2.27. The summed E-state index contributed by atoms with van der Waals surface area (Å²) in [5.74, 6) is -0.344. The van der Waals surface area contributed by atoms with Crippen LogP contribution in [0, 0.1) is 20.8 Å². The number of carbonyl (C=O) groups is 1. The summed E-state index contributed by atoms with van der Waals surface area (Å²) in [6.45, 7) is 7.37. The Bertz CT molecular complexity index is 1310. The summed E-state index contributed by atoms with van der Waals surface area (Å²) >= 11 is 0. The highest BCUT2D eigenvalue weighted by Gasteiger charge is 2.29. The topological polar surface area (TPSA) is 66.5 Å². The van der Waals surface area contributed by atoms with Gasteiger partial charge in [0, 0.05) is 0 Å². The molecule has 1 N–H and O–H groups in total. The summed E-state index contributed by atoms with van der Waals surface area (Å²) < 4.78 is 28.5. The minimum atomic E-state index is -3.94. The molecule has 0 aromatic heterocycles. The molecule has 3 aromatic rings. The highest BCUT2D eigenvalue weighted by molar-refractivity contribution is 7.92. The summed E-state index contributed by atoms with van der Waals surface area (Å²) in [5.41, 5.74) is 7.07. The zero-order chi connectivity index (χ0) is 24.5. The van der Waals surface area contributed by atoms with Crippen molar-refractivity contribution >= 4 is 21.6 Å². The molecule has 178 valence electrons. The number of hydrogen-bond acceptors (Lipinski definition) is 3. The zero-order valence-electron chi connectivity index (χ0n) is 20.3. The largest absolute Gasteiger partial charge is 0.348 e. The molecular weight excluding hydrogens is 444 g/mol. The van der Waals surface area contributed by atoms with Gasteiger partial charge in [-0.15, -0.1) is 0 Å². The Morgan fingerprint density at radius 1 is 0.912 bits per heavy atom. The van der Waals surface area contributed by atoms with E-state index in [0.717, 1.165) is 35.1 Å². The molecule has 0 saturated heterocycles. The van der Waals surface area contributed by atoms with E-state index >= 15 is 0 Å². The van der Waals surface area contributed by atoms with E-state index in [9.17, 15) is 13.2 Å². The van der Waals surface area contributed by atoms with E-state index in [1.165, 1.54) is 21.9 Å². The molecule has 0 aliphatic heterocycles. The quantitative estimate of drug-likeness (QED) is 0.511. The van der Waals surface area contributed by atoms with Gasteiger partial charge in [0.25, 0.3) is 10.0 Å². The van der Waals surface area contributed by atoms with Gasteiger partial charge >= 0.3 is 0 Å². The van der Waals surface area contributed by atoms with Crippen LogP contribution in [-0.4, -0.2) is 20.9 Å². The van der Waals surface area contributed by atoms with Crippen molar-refractivity contribution in [3.8, 4) is 0 Å². The highest BCUT2D eigenvalue weighted by Crippen LogP contribution is 2.28. The summed E-state index contributed by atoms with van der Waals surface area (Å²) in [7, 11) is -3.94. The van der Waals surface area contributed by atoms with Crippen LogP contribution in [0.15, 0.2) is 65.6 Å². The first kappa shape index (κ1) is 24.0. The third kappa shape index (κ3) is 5.02. The standard InChI is InChI=1S/C28H32N2O3S/c1-19-8-13-26(14-9-19)34(32,33)30(27-15-10-20(2)16-21(27)3)18-28(31)29-22(4)24-12-11-23-6-5-7-25(23)17-24/h8-17,22H,5-7,18H2,1-4H3,(H,29,31)/t22-/m1/s1. The van der Waals surface area contributed by atoms with Crippen molar-refractivity contribution in [3.63, 3.8) is 0 Å². The number of nitrogens with one attached hydrogen (secondary N) is 1.